The molecule has 0 aromatic carbocycles. The van der Waals surface area contributed by atoms with Gasteiger partial charge in [-0.25, -0.2) is 0 Å². The standard InChI is InChI=1S/C10H19NO2Te/c1-10(2,3)13-9(12)11-8-5-4-6-14-7-8/h8H,4-7H2,1-3H3,(H,11,12)/t8-/m0/s1. The molecular formula is C10H19NO2Te. The molecule has 1 aliphatic heterocycles. The number of rotatable bonds is 1. The van der Waals surface area contributed by atoms with Crippen LogP contribution in [0.5, 0.6) is 0 Å². The molecule has 0 aromatic heterocycles. The average molecular weight is 313 g/mol. The van der Waals surface area contributed by atoms with Crippen molar-refractivity contribution in [2.45, 2.75) is 54.2 Å². The Kier molecular flexibility index (Phi) is 4.53. The number of nitrogens with one attached hydrogen (secondary N) is 1. The summed E-state index contributed by atoms with van der Waals surface area (Å²) in [5, 5.41) is 2.95. The second-order valence-electron chi connectivity index (χ2n) is 4.56. The molecule has 1 atom stereocenters. The van der Waals surface area contributed by atoms with Gasteiger partial charge in [0.25, 0.3) is 0 Å². The number of hydrogen-bond donors (Lipinski definition) is 1. The summed E-state index contributed by atoms with van der Waals surface area (Å²) in [6.07, 6.45) is 2.16. The maximum atomic E-state index is 11.4. The van der Waals surface area contributed by atoms with Gasteiger partial charge in [-0.3, -0.25) is 0 Å². The van der Waals surface area contributed by atoms with Gasteiger partial charge in [0.15, 0.2) is 0 Å². The van der Waals surface area contributed by atoms with E-state index < -0.39 is 0 Å². The zero-order valence-electron chi connectivity index (χ0n) is 9.13. The molecule has 0 unspecified atom stereocenters. The number of carbonyl (C=O) groups excluding carboxylic acids is 1. The van der Waals surface area contributed by atoms with Gasteiger partial charge in [-0.1, -0.05) is 0 Å². The molecule has 1 heterocycles. The van der Waals surface area contributed by atoms with Crippen LogP contribution < -0.4 is 5.32 Å². The van der Waals surface area contributed by atoms with Crippen LogP contribution in [0.3, 0.4) is 0 Å². The van der Waals surface area contributed by atoms with Gasteiger partial charge in [-0.2, -0.15) is 0 Å². The molecule has 0 radical (unpaired) electrons. The molecular weight excluding hydrogens is 294 g/mol. The van der Waals surface area contributed by atoms with E-state index in [2.05, 4.69) is 5.32 Å². The first-order valence-corrected chi connectivity index (χ1v) is 8.34. The van der Waals surface area contributed by atoms with Crippen molar-refractivity contribution in [3.63, 3.8) is 0 Å². The van der Waals surface area contributed by atoms with Crippen molar-refractivity contribution in [2.24, 2.45) is 0 Å². The van der Waals surface area contributed by atoms with Crippen LogP contribution in [0.2, 0.25) is 8.94 Å². The van der Waals surface area contributed by atoms with Crippen molar-refractivity contribution < 1.29 is 9.53 Å². The van der Waals surface area contributed by atoms with Crippen LogP contribution in [-0.4, -0.2) is 38.7 Å². The first-order valence-electron chi connectivity index (χ1n) is 5.04. The quantitative estimate of drug-likeness (QED) is 0.754. The Morgan fingerprint density at radius 2 is 2.21 bits per heavy atom. The van der Waals surface area contributed by atoms with Crippen LogP contribution in [0.1, 0.15) is 33.6 Å². The third-order valence-corrected chi connectivity index (χ3v) is 5.35. The Morgan fingerprint density at radius 3 is 2.71 bits per heavy atom. The van der Waals surface area contributed by atoms with Gasteiger partial charge in [0.1, 0.15) is 0 Å². The maximum absolute atomic E-state index is 11.4. The third-order valence-electron chi connectivity index (χ3n) is 1.88. The van der Waals surface area contributed by atoms with Crippen molar-refractivity contribution in [3.8, 4) is 0 Å². The van der Waals surface area contributed by atoms with E-state index in [0.717, 1.165) is 6.42 Å². The van der Waals surface area contributed by atoms with Gasteiger partial charge in [-0.05, 0) is 0 Å². The molecule has 0 spiro atoms. The summed E-state index contributed by atoms with van der Waals surface area (Å²) in [6.45, 7) is 5.67. The zero-order chi connectivity index (χ0) is 10.6. The van der Waals surface area contributed by atoms with E-state index in [1.54, 1.807) is 0 Å². The second kappa shape index (κ2) is 5.23. The van der Waals surface area contributed by atoms with E-state index in [1.165, 1.54) is 15.4 Å². The van der Waals surface area contributed by atoms with Crippen LogP contribution in [0, 0.1) is 0 Å². The van der Waals surface area contributed by atoms with E-state index in [4.69, 9.17) is 4.74 Å². The number of alkyl carbamates (subject to hydrolysis) is 1. The Bertz CT molecular complexity index is 195. The summed E-state index contributed by atoms with van der Waals surface area (Å²) >= 11 is 0.177. The molecule has 1 saturated heterocycles. The van der Waals surface area contributed by atoms with Crippen LogP contribution >= 0.6 is 0 Å². The number of hydrogen-bond acceptors (Lipinski definition) is 2. The SMILES string of the molecule is CC(C)(C)OC(=O)N[C@H]1CCC[Te]C1. The second-order valence-corrected chi connectivity index (χ2v) is 7.84. The molecule has 14 heavy (non-hydrogen) atoms. The molecule has 82 valence electrons. The summed E-state index contributed by atoms with van der Waals surface area (Å²) in [5.74, 6) is 0. The molecule has 1 rings (SSSR count). The number of carbonyl (C=O) groups is 1. The van der Waals surface area contributed by atoms with E-state index in [9.17, 15) is 4.79 Å². The van der Waals surface area contributed by atoms with Crippen molar-refractivity contribution in [2.75, 3.05) is 0 Å². The Hall–Kier alpha value is 0.0596. The monoisotopic (exact) mass is 315 g/mol. The first-order chi connectivity index (χ1) is 6.47. The van der Waals surface area contributed by atoms with Crippen molar-refractivity contribution in [1.82, 2.24) is 5.32 Å². The van der Waals surface area contributed by atoms with Crippen molar-refractivity contribution in [3.05, 3.63) is 0 Å². The van der Waals surface area contributed by atoms with E-state index in [0.29, 0.717) is 6.04 Å². The van der Waals surface area contributed by atoms with E-state index in [1.807, 2.05) is 20.8 Å². The summed E-state index contributed by atoms with van der Waals surface area (Å²) in [6, 6.07) is 0.390. The summed E-state index contributed by atoms with van der Waals surface area (Å²) in [7, 11) is 0. The van der Waals surface area contributed by atoms with Gasteiger partial charge < -0.3 is 0 Å². The summed E-state index contributed by atoms with van der Waals surface area (Å²) in [4.78, 5) is 11.4. The van der Waals surface area contributed by atoms with Crippen molar-refractivity contribution in [1.29, 1.82) is 0 Å². The molecule has 1 aliphatic rings. The fourth-order valence-electron chi connectivity index (χ4n) is 1.33. The summed E-state index contributed by atoms with van der Waals surface area (Å²) < 4.78 is 7.86. The number of ether oxygens (including phenoxy) is 1. The minimum atomic E-state index is -0.380. The molecule has 0 bridgehead atoms. The fraction of sp³-hybridized carbons (Fsp3) is 0.900. The van der Waals surface area contributed by atoms with E-state index in [-0.39, 0.29) is 32.6 Å². The van der Waals surface area contributed by atoms with E-state index >= 15 is 0 Å². The molecule has 1 amide bonds. The van der Waals surface area contributed by atoms with Gasteiger partial charge in [0.05, 0.1) is 0 Å². The Morgan fingerprint density at radius 1 is 1.50 bits per heavy atom. The predicted molar refractivity (Wildman–Crippen MR) is 57.8 cm³/mol. The van der Waals surface area contributed by atoms with Crippen LogP contribution in [-0.2, 0) is 4.74 Å². The first kappa shape index (κ1) is 12.1. The van der Waals surface area contributed by atoms with Crippen molar-refractivity contribution >= 4 is 27.0 Å². The van der Waals surface area contributed by atoms with Gasteiger partial charge in [0.2, 0.25) is 0 Å². The molecule has 0 aromatic rings. The van der Waals surface area contributed by atoms with Crippen LogP contribution in [0.4, 0.5) is 4.79 Å². The topological polar surface area (TPSA) is 38.3 Å². The number of amides is 1. The van der Waals surface area contributed by atoms with Gasteiger partial charge in [0, 0.05) is 0 Å². The normalized spacial score (nSPS) is 22.9. The Labute approximate surface area is 96.0 Å². The molecule has 0 saturated carbocycles. The molecule has 1 N–H and O–H groups in total. The zero-order valence-corrected chi connectivity index (χ0v) is 11.5. The van der Waals surface area contributed by atoms with Gasteiger partial charge in [-0.15, -0.1) is 0 Å². The molecule has 4 heteroatoms. The fourth-order valence-corrected chi connectivity index (χ4v) is 4.39. The van der Waals surface area contributed by atoms with Gasteiger partial charge >= 0.3 is 96.1 Å². The molecule has 0 aliphatic carbocycles. The van der Waals surface area contributed by atoms with Crippen LogP contribution in [0.25, 0.3) is 0 Å². The minimum absolute atomic E-state index is 0.177. The molecule has 3 nitrogen and oxygen atoms in total. The predicted octanol–water partition coefficient (Wildman–Crippen LogP) is 2.21. The Balaban J connectivity index is 2.25. The third kappa shape index (κ3) is 5.07. The summed E-state index contributed by atoms with van der Waals surface area (Å²) in [5.41, 5.74) is -0.380. The van der Waals surface area contributed by atoms with Crippen LogP contribution in [0.15, 0.2) is 0 Å². The average Bonchev–Trinajstić information content (AvgIpc) is 2.02. The molecule has 1 fully saturated rings.